The van der Waals surface area contributed by atoms with Crippen molar-refractivity contribution in [3.8, 4) is 34.8 Å². The van der Waals surface area contributed by atoms with E-state index in [0.29, 0.717) is 48.1 Å². The molecule has 166 valence electrons. The maximum Gasteiger partial charge on any atom is 0.269 e. The summed E-state index contributed by atoms with van der Waals surface area (Å²) >= 11 is 0. The molecule has 0 bridgehead atoms. The van der Waals surface area contributed by atoms with Crippen LogP contribution in [0.15, 0.2) is 16.9 Å². The van der Waals surface area contributed by atoms with Crippen LogP contribution in [0.4, 0.5) is 4.39 Å². The number of aromatic nitrogens is 2. The van der Waals surface area contributed by atoms with Gasteiger partial charge in [0, 0.05) is 31.8 Å². The van der Waals surface area contributed by atoms with Gasteiger partial charge in [0.1, 0.15) is 30.1 Å². The fourth-order valence-corrected chi connectivity index (χ4v) is 3.60. The molecule has 0 N–H and O–H groups in total. The molecule has 31 heavy (non-hydrogen) atoms. The van der Waals surface area contributed by atoms with Crippen molar-refractivity contribution in [3.05, 3.63) is 33.6 Å². The van der Waals surface area contributed by atoms with Crippen molar-refractivity contribution >= 4 is 0 Å². The highest BCUT2D eigenvalue weighted by Crippen LogP contribution is 2.46. The molecule has 0 unspecified atom stereocenters. The van der Waals surface area contributed by atoms with Gasteiger partial charge in [0.25, 0.3) is 11.4 Å². The highest BCUT2D eigenvalue weighted by molar-refractivity contribution is 5.72. The van der Waals surface area contributed by atoms with Crippen molar-refractivity contribution in [1.82, 2.24) is 9.55 Å². The minimum Gasteiger partial charge on any atom is -0.488 e. The lowest BCUT2D eigenvalue weighted by atomic mass is 9.92. The molecule has 3 heterocycles. The zero-order chi connectivity index (χ0) is 22.5. The molecule has 0 fully saturated rings. The van der Waals surface area contributed by atoms with Crippen molar-refractivity contribution in [3.63, 3.8) is 0 Å². The van der Waals surface area contributed by atoms with Crippen molar-refractivity contribution < 1.29 is 23.3 Å². The fourth-order valence-electron chi connectivity index (χ4n) is 3.60. The Balaban J connectivity index is 2.21. The molecular formula is C22H26FN3O5. The van der Waals surface area contributed by atoms with E-state index in [4.69, 9.17) is 18.9 Å². The first-order valence-electron chi connectivity index (χ1n) is 10.1. The summed E-state index contributed by atoms with van der Waals surface area (Å²) in [6.07, 6.45) is 0.236. The minimum absolute atomic E-state index is 0.0166. The number of methoxy groups -OCH3 is 2. The predicted octanol–water partition coefficient (Wildman–Crippen LogP) is 3.26. The third-order valence-corrected chi connectivity index (χ3v) is 5.00. The molecule has 0 saturated carbocycles. The van der Waals surface area contributed by atoms with Crippen molar-refractivity contribution in [2.24, 2.45) is 5.92 Å². The molecule has 1 aliphatic heterocycles. The van der Waals surface area contributed by atoms with Gasteiger partial charge in [-0.25, -0.2) is 9.37 Å². The minimum atomic E-state index is -0.762. The van der Waals surface area contributed by atoms with Gasteiger partial charge in [-0.3, -0.25) is 4.79 Å². The van der Waals surface area contributed by atoms with E-state index >= 15 is 0 Å². The molecule has 9 heteroatoms. The largest absolute Gasteiger partial charge is 0.488 e. The van der Waals surface area contributed by atoms with Crippen LogP contribution in [0.25, 0.3) is 11.4 Å². The van der Waals surface area contributed by atoms with Crippen LogP contribution < -0.4 is 19.8 Å². The van der Waals surface area contributed by atoms with Gasteiger partial charge in [-0.2, -0.15) is 5.26 Å². The van der Waals surface area contributed by atoms with Crippen LogP contribution in [0.5, 0.6) is 17.4 Å². The lowest BCUT2D eigenvalue weighted by molar-refractivity contribution is 0.146. The van der Waals surface area contributed by atoms with Crippen molar-refractivity contribution in [2.45, 2.75) is 32.9 Å². The average Bonchev–Trinajstić information content (AvgIpc) is 2.76. The van der Waals surface area contributed by atoms with Gasteiger partial charge in [0.15, 0.2) is 11.5 Å². The Morgan fingerprint density at radius 1 is 1.32 bits per heavy atom. The quantitative estimate of drug-likeness (QED) is 0.562. The molecule has 2 aromatic heterocycles. The Labute approximate surface area is 180 Å². The number of rotatable bonds is 9. The van der Waals surface area contributed by atoms with Gasteiger partial charge in [-0.1, -0.05) is 13.8 Å². The topological polar surface area (TPSA) is 95.6 Å². The highest BCUT2D eigenvalue weighted by Gasteiger charge is 2.34. The zero-order valence-corrected chi connectivity index (χ0v) is 18.1. The van der Waals surface area contributed by atoms with Crippen molar-refractivity contribution in [1.29, 1.82) is 5.26 Å². The molecule has 3 rings (SSSR count). The zero-order valence-electron chi connectivity index (χ0n) is 18.1. The Kier molecular flexibility index (Phi) is 7.13. The van der Waals surface area contributed by atoms with E-state index in [0.717, 1.165) is 0 Å². The lowest BCUT2D eigenvalue weighted by Gasteiger charge is -2.32. The van der Waals surface area contributed by atoms with Crippen LogP contribution in [-0.4, -0.2) is 43.7 Å². The van der Waals surface area contributed by atoms with Crippen LogP contribution in [0.3, 0.4) is 0 Å². The number of nitrogens with zero attached hydrogens (tertiary/aromatic N) is 3. The predicted molar refractivity (Wildman–Crippen MR) is 111 cm³/mol. The number of alkyl halides is 1. The Hall–Kier alpha value is -3.12. The summed E-state index contributed by atoms with van der Waals surface area (Å²) in [6.45, 7) is 3.93. The molecule has 8 nitrogen and oxygen atoms in total. The fraction of sp³-hybridized carbons (Fsp3) is 0.500. The Morgan fingerprint density at radius 3 is 2.71 bits per heavy atom. The molecule has 0 aromatic carbocycles. The van der Waals surface area contributed by atoms with Crippen LogP contribution >= 0.6 is 0 Å². The summed E-state index contributed by atoms with van der Waals surface area (Å²) in [5, 5.41) is 9.41. The van der Waals surface area contributed by atoms with E-state index in [9.17, 15) is 14.4 Å². The first-order chi connectivity index (χ1) is 15.0. The monoisotopic (exact) mass is 431 g/mol. The molecule has 1 aliphatic rings. The van der Waals surface area contributed by atoms with Gasteiger partial charge in [0.2, 0.25) is 0 Å². The third kappa shape index (κ3) is 4.35. The Bertz CT molecular complexity index is 1040. The van der Waals surface area contributed by atoms with Crippen molar-refractivity contribution in [2.75, 3.05) is 34.1 Å². The molecule has 0 radical (unpaired) electrons. The smallest absolute Gasteiger partial charge is 0.269 e. The van der Waals surface area contributed by atoms with Gasteiger partial charge in [-0.05, 0) is 12.0 Å². The summed E-state index contributed by atoms with van der Waals surface area (Å²) in [5.74, 6) is 1.04. The number of ether oxygens (including phenoxy) is 4. The second-order valence-corrected chi connectivity index (χ2v) is 7.44. The molecule has 0 saturated heterocycles. The lowest BCUT2D eigenvalue weighted by Crippen LogP contribution is -2.31. The van der Waals surface area contributed by atoms with Crippen LogP contribution in [0.1, 0.15) is 37.5 Å². The standard InChI is InChI=1S/C22H26FN3O5/c1-13(2)20-15-10-14(12-24)22(27)26(7-6-23)19(15)18-16(31-20)11-17(21(25-18)29-4)30-9-5-8-28-3/h10-11,13,20H,5-9H2,1-4H3/t20-/m1/s1. The van der Waals surface area contributed by atoms with E-state index in [1.807, 2.05) is 19.9 Å². The van der Waals surface area contributed by atoms with E-state index in [1.54, 1.807) is 13.2 Å². The summed E-state index contributed by atoms with van der Waals surface area (Å²) in [4.78, 5) is 17.3. The number of pyridine rings is 2. The number of hydrogen-bond acceptors (Lipinski definition) is 7. The third-order valence-electron chi connectivity index (χ3n) is 5.00. The Morgan fingerprint density at radius 2 is 2.10 bits per heavy atom. The second-order valence-electron chi connectivity index (χ2n) is 7.44. The van der Waals surface area contributed by atoms with Gasteiger partial charge >= 0.3 is 0 Å². The second kappa shape index (κ2) is 9.79. The highest BCUT2D eigenvalue weighted by atomic mass is 19.1. The van der Waals surface area contributed by atoms with Gasteiger partial charge < -0.3 is 23.5 Å². The van der Waals surface area contributed by atoms with E-state index < -0.39 is 18.3 Å². The van der Waals surface area contributed by atoms with Crippen LogP contribution in [0.2, 0.25) is 0 Å². The molecule has 2 aromatic rings. The summed E-state index contributed by atoms with van der Waals surface area (Å²) in [5.41, 5.74) is 0.786. The van der Waals surface area contributed by atoms with Crippen LogP contribution in [0, 0.1) is 17.2 Å². The van der Waals surface area contributed by atoms with E-state index in [-0.39, 0.29) is 23.9 Å². The number of nitriles is 1. The van der Waals surface area contributed by atoms with E-state index in [1.165, 1.54) is 17.7 Å². The molecule has 1 atom stereocenters. The number of halogens is 1. The molecule has 0 spiro atoms. The van der Waals surface area contributed by atoms with Crippen LogP contribution in [-0.2, 0) is 11.3 Å². The maximum absolute atomic E-state index is 13.4. The summed E-state index contributed by atoms with van der Waals surface area (Å²) in [6, 6.07) is 5.10. The van der Waals surface area contributed by atoms with Gasteiger partial charge in [0.05, 0.1) is 26.0 Å². The first-order valence-corrected chi connectivity index (χ1v) is 10.1. The molecule has 0 aliphatic carbocycles. The average molecular weight is 431 g/mol. The normalized spacial score (nSPS) is 14.4. The summed E-state index contributed by atoms with van der Waals surface area (Å²) in [7, 11) is 3.08. The van der Waals surface area contributed by atoms with E-state index in [2.05, 4.69) is 4.98 Å². The SMILES string of the molecule is COCCCOc1cc2c(nc1OC)-c1c(cc(C#N)c(=O)n1CCF)[C@@H](C(C)C)O2. The van der Waals surface area contributed by atoms with Gasteiger partial charge in [-0.15, -0.1) is 0 Å². The first kappa shape index (κ1) is 22.6. The molecular weight excluding hydrogens is 405 g/mol. The number of fused-ring (bicyclic) bond motifs is 3. The maximum atomic E-state index is 13.4. The molecule has 0 amide bonds. The summed E-state index contributed by atoms with van der Waals surface area (Å²) < 4.78 is 37.1. The number of hydrogen-bond donors (Lipinski definition) is 0.